The molecular formula is C19H27N5. The summed E-state index contributed by atoms with van der Waals surface area (Å²) in [5, 5.41) is 6.80. The summed E-state index contributed by atoms with van der Waals surface area (Å²) in [7, 11) is 0. The Bertz CT molecular complexity index is 608. The Kier molecular flexibility index (Phi) is 6.01. The van der Waals surface area contributed by atoms with Gasteiger partial charge in [-0.15, -0.1) is 0 Å². The van der Waals surface area contributed by atoms with Crippen molar-refractivity contribution in [3.8, 4) is 0 Å². The summed E-state index contributed by atoms with van der Waals surface area (Å²) in [6.45, 7) is 6.35. The van der Waals surface area contributed by atoms with Gasteiger partial charge in [-0.3, -0.25) is 4.90 Å². The molecule has 0 atom stereocenters. The van der Waals surface area contributed by atoms with E-state index < -0.39 is 0 Å². The van der Waals surface area contributed by atoms with Gasteiger partial charge in [-0.25, -0.2) is 4.98 Å². The lowest BCUT2D eigenvalue weighted by Gasteiger charge is -2.32. The van der Waals surface area contributed by atoms with E-state index in [4.69, 9.17) is 0 Å². The molecule has 2 N–H and O–H groups in total. The van der Waals surface area contributed by atoms with E-state index in [0.717, 1.165) is 57.2 Å². The summed E-state index contributed by atoms with van der Waals surface area (Å²) in [6.07, 6.45) is 5.16. The van der Waals surface area contributed by atoms with Crippen molar-refractivity contribution in [2.45, 2.75) is 38.8 Å². The molecule has 1 aromatic heterocycles. The molecule has 1 fully saturated rings. The average molecular weight is 325 g/mol. The van der Waals surface area contributed by atoms with Crippen molar-refractivity contribution >= 4 is 11.8 Å². The molecule has 5 nitrogen and oxygen atoms in total. The van der Waals surface area contributed by atoms with Crippen LogP contribution < -0.4 is 10.6 Å². The molecule has 5 heteroatoms. The van der Waals surface area contributed by atoms with Gasteiger partial charge in [0.15, 0.2) is 0 Å². The summed E-state index contributed by atoms with van der Waals surface area (Å²) in [6, 6.07) is 13.1. The molecule has 1 aliphatic heterocycles. The van der Waals surface area contributed by atoms with E-state index in [2.05, 4.69) is 62.8 Å². The molecule has 0 amide bonds. The summed E-state index contributed by atoms with van der Waals surface area (Å²) in [5.41, 5.74) is 1.39. The second-order valence-corrected chi connectivity index (χ2v) is 6.37. The largest absolute Gasteiger partial charge is 0.370 e. The quantitative estimate of drug-likeness (QED) is 0.817. The van der Waals surface area contributed by atoms with Gasteiger partial charge >= 0.3 is 0 Å². The fraction of sp³-hybridized carbons (Fsp3) is 0.474. The lowest BCUT2D eigenvalue weighted by atomic mass is 10.0. The van der Waals surface area contributed by atoms with Gasteiger partial charge in [0, 0.05) is 38.4 Å². The Labute approximate surface area is 144 Å². The molecule has 1 aromatic carbocycles. The van der Waals surface area contributed by atoms with E-state index in [1.807, 2.05) is 12.3 Å². The predicted octanol–water partition coefficient (Wildman–Crippen LogP) is 3.38. The fourth-order valence-electron chi connectivity index (χ4n) is 3.04. The zero-order valence-corrected chi connectivity index (χ0v) is 14.4. The molecule has 0 radical (unpaired) electrons. The number of likely N-dealkylation sites (tertiary alicyclic amines) is 1. The van der Waals surface area contributed by atoms with Crippen LogP contribution in [0.1, 0.15) is 31.7 Å². The number of nitrogens with zero attached hydrogens (tertiary/aromatic N) is 3. The smallest absolute Gasteiger partial charge is 0.224 e. The SMILES string of the molecule is CCCNc1ccnc(NC2CCN(Cc3ccccc3)CC2)n1. The Hall–Kier alpha value is -2.14. The average Bonchev–Trinajstić information content (AvgIpc) is 2.63. The molecule has 1 saturated heterocycles. The van der Waals surface area contributed by atoms with Gasteiger partial charge in [0.25, 0.3) is 0 Å². The second kappa shape index (κ2) is 8.64. The van der Waals surface area contributed by atoms with E-state index in [-0.39, 0.29) is 0 Å². The van der Waals surface area contributed by atoms with Gasteiger partial charge in [-0.1, -0.05) is 37.3 Å². The second-order valence-electron chi connectivity index (χ2n) is 6.37. The van der Waals surface area contributed by atoms with Gasteiger partial charge in [-0.05, 0) is 30.9 Å². The van der Waals surface area contributed by atoms with Gasteiger partial charge in [-0.2, -0.15) is 4.98 Å². The first kappa shape index (κ1) is 16.7. The summed E-state index contributed by atoms with van der Waals surface area (Å²) in [4.78, 5) is 11.4. The highest BCUT2D eigenvalue weighted by molar-refractivity contribution is 5.39. The van der Waals surface area contributed by atoms with Gasteiger partial charge < -0.3 is 10.6 Å². The topological polar surface area (TPSA) is 53.1 Å². The number of hydrogen-bond donors (Lipinski definition) is 2. The van der Waals surface area contributed by atoms with Gasteiger partial charge in [0.05, 0.1) is 0 Å². The van der Waals surface area contributed by atoms with E-state index in [1.54, 1.807) is 0 Å². The highest BCUT2D eigenvalue weighted by atomic mass is 15.2. The van der Waals surface area contributed by atoms with Crippen molar-refractivity contribution in [3.05, 3.63) is 48.2 Å². The molecule has 0 unspecified atom stereocenters. The molecule has 24 heavy (non-hydrogen) atoms. The minimum absolute atomic E-state index is 0.457. The maximum absolute atomic E-state index is 4.54. The zero-order chi connectivity index (χ0) is 16.6. The Morgan fingerprint density at radius 1 is 1.12 bits per heavy atom. The molecule has 2 heterocycles. The van der Waals surface area contributed by atoms with Crippen molar-refractivity contribution in [3.63, 3.8) is 0 Å². The standard InChI is InChI=1S/C19H27N5/c1-2-11-20-18-8-12-21-19(23-18)22-17-9-13-24(14-10-17)15-16-6-4-3-5-7-16/h3-8,12,17H,2,9-11,13-15H2,1H3,(H2,20,21,22,23). The molecule has 0 saturated carbocycles. The van der Waals surface area contributed by atoms with Crippen LogP contribution in [0.25, 0.3) is 0 Å². The van der Waals surface area contributed by atoms with Crippen LogP contribution in [0.3, 0.4) is 0 Å². The molecule has 2 aromatic rings. The van der Waals surface area contributed by atoms with E-state index in [0.29, 0.717) is 6.04 Å². The molecule has 3 rings (SSSR count). The molecule has 128 valence electrons. The predicted molar refractivity (Wildman–Crippen MR) is 99.2 cm³/mol. The first-order valence-electron chi connectivity index (χ1n) is 8.93. The van der Waals surface area contributed by atoms with Gasteiger partial charge in [0.1, 0.15) is 5.82 Å². The number of rotatable bonds is 7. The normalized spacial score (nSPS) is 16.0. The van der Waals surface area contributed by atoms with Crippen molar-refractivity contribution < 1.29 is 0 Å². The van der Waals surface area contributed by atoms with Crippen molar-refractivity contribution in [2.75, 3.05) is 30.3 Å². The van der Waals surface area contributed by atoms with Crippen LogP contribution in [0, 0.1) is 0 Å². The maximum Gasteiger partial charge on any atom is 0.224 e. The monoisotopic (exact) mass is 325 g/mol. The Morgan fingerprint density at radius 2 is 1.92 bits per heavy atom. The molecule has 0 bridgehead atoms. The van der Waals surface area contributed by atoms with E-state index in [1.165, 1.54) is 5.56 Å². The summed E-state index contributed by atoms with van der Waals surface area (Å²) in [5.74, 6) is 1.63. The number of aromatic nitrogens is 2. The zero-order valence-electron chi connectivity index (χ0n) is 14.4. The highest BCUT2D eigenvalue weighted by Crippen LogP contribution is 2.17. The van der Waals surface area contributed by atoms with E-state index >= 15 is 0 Å². The van der Waals surface area contributed by atoms with Crippen LogP contribution >= 0.6 is 0 Å². The Balaban J connectivity index is 1.47. The fourth-order valence-corrected chi connectivity index (χ4v) is 3.04. The first-order valence-corrected chi connectivity index (χ1v) is 8.93. The summed E-state index contributed by atoms with van der Waals surface area (Å²) < 4.78 is 0. The third-order valence-corrected chi connectivity index (χ3v) is 4.38. The van der Waals surface area contributed by atoms with Crippen molar-refractivity contribution in [1.82, 2.24) is 14.9 Å². The number of piperidine rings is 1. The lowest BCUT2D eigenvalue weighted by molar-refractivity contribution is 0.211. The Morgan fingerprint density at radius 3 is 2.67 bits per heavy atom. The van der Waals surface area contributed by atoms with E-state index in [9.17, 15) is 0 Å². The molecule has 1 aliphatic rings. The van der Waals surface area contributed by atoms with Crippen LogP contribution in [0.5, 0.6) is 0 Å². The third kappa shape index (κ3) is 4.93. The highest BCUT2D eigenvalue weighted by Gasteiger charge is 2.19. The minimum Gasteiger partial charge on any atom is -0.370 e. The number of nitrogens with one attached hydrogen (secondary N) is 2. The van der Waals surface area contributed by atoms with Gasteiger partial charge in [0.2, 0.25) is 5.95 Å². The first-order chi connectivity index (χ1) is 11.8. The van der Waals surface area contributed by atoms with Crippen LogP contribution in [-0.2, 0) is 6.54 Å². The lowest BCUT2D eigenvalue weighted by Crippen LogP contribution is -2.39. The molecule has 0 aliphatic carbocycles. The van der Waals surface area contributed by atoms with Crippen LogP contribution in [0.4, 0.5) is 11.8 Å². The van der Waals surface area contributed by atoms with Crippen molar-refractivity contribution in [1.29, 1.82) is 0 Å². The van der Waals surface area contributed by atoms with Crippen LogP contribution in [0.2, 0.25) is 0 Å². The maximum atomic E-state index is 4.54. The number of anilines is 2. The molecular weight excluding hydrogens is 298 g/mol. The van der Waals surface area contributed by atoms with Crippen molar-refractivity contribution in [2.24, 2.45) is 0 Å². The molecule has 0 spiro atoms. The van der Waals surface area contributed by atoms with Crippen LogP contribution in [0.15, 0.2) is 42.6 Å². The minimum atomic E-state index is 0.457. The third-order valence-electron chi connectivity index (χ3n) is 4.38. The summed E-state index contributed by atoms with van der Waals surface area (Å²) >= 11 is 0. The van der Waals surface area contributed by atoms with Crippen LogP contribution in [-0.4, -0.2) is 40.5 Å². The number of hydrogen-bond acceptors (Lipinski definition) is 5. The number of benzene rings is 1.